The molecule has 1 aliphatic rings. The molecule has 6 heteroatoms. The third kappa shape index (κ3) is 6.01. The first-order valence-electron chi connectivity index (χ1n) is 12.3. The lowest BCUT2D eigenvalue weighted by Crippen LogP contribution is -2.24. The molecule has 0 fully saturated rings. The first kappa shape index (κ1) is 23.4. The number of aromatic nitrogens is 3. The summed E-state index contributed by atoms with van der Waals surface area (Å²) < 4.78 is 2.23. The highest BCUT2D eigenvalue weighted by Crippen LogP contribution is 2.27. The number of pyridine rings is 1. The second-order valence-electron chi connectivity index (χ2n) is 8.93. The molecule has 2 aromatic carbocycles. The molecule has 2 heterocycles. The molecule has 5 nitrogen and oxygen atoms in total. The van der Waals surface area contributed by atoms with Gasteiger partial charge in [0, 0.05) is 24.1 Å². The Balaban J connectivity index is 1.21. The number of rotatable bonds is 9. The fraction of sp³-hybridized carbons (Fsp3) is 0.276. The zero-order chi connectivity index (χ0) is 23.9. The summed E-state index contributed by atoms with van der Waals surface area (Å²) in [6.07, 6.45) is 11.9. The molecule has 0 saturated carbocycles. The molecule has 178 valence electrons. The normalized spacial score (nSPS) is 13.5. The lowest BCUT2D eigenvalue weighted by atomic mass is 9.97. The van der Waals surface area contributed by atoms with Gasteiger partial charge in [-0.3, -0.25) is 9.78 Å². The summed E-state index contributed by atoms with van der Waals surface area (Å²) in [7, 11) is 0. The van der Waals surface area contributed by atoms with Crippen LogP contribution in [-0.4, -0.2) is 27.0 Å². The number of fused-ring (bicyclic) bond motifs is 1. The van der Waals surface area contributed by atoms with E-state index in [0.717, 1.165) is 40.5 Å². The van der Waals surface area contributed by atoms with E-state index in [-0.39, 0.29) is 5.91 Å². The van der Waals surface area contributed by atoms with Crippen molar-refractivity contribution < 1.29 is 4.79 Å². The van der Waals surface area contributed by atoms with Crippen LogP contribution in [-0.2, 0) is 12.3 Å². The van der Waals surface area contributed by atoms with Crippen molar-refractivity contribution in [1.82, 2.24) is 19.9 Å². The highest BCUT2D eigenvalue weighted by Gasteiger charge is 2.13. The number of carbonyl (C=O) groups is 1. The fourth-order valence-electron chi connectivity index (χ4n) is 4.45. The summed E-state index contributed by atoms with van der Waals surface area (Å²) in [6.45, 7) is 1.45. The molecule has 0 aliphatic heterocycles. The Labute approximate surface area is 210 Å². The minimum Gasteiger partial charge on any atom is -0.352 e. The predicted molar refractivity (Wildman–Crippen MR) is 143 cm³/mol. The Morgan fingerprint density at radius 2 is 1.86 bits per heavy atom. The fourth-order valence-corrected chi connectivity index (χ4v) is 5.42. The van der Waals surface area contributed by atoms with Gasteiger partial charge >= 0.3 is 0 Å². The van der Waals surface area contributed by atoms with Gasteiger partial charge < -0.3 is 9.88 Å². The van der Waals surface area contributed by atoms with Crippen molar-refractivity contribution >= 4 is 28.7 Å². The summed E-state index contributed by atoms with van der Waals surface area (Å²) >= 11 is 1.71. The SMILES string of the molecule is O=C(NCCC1=CCCCC1)c1ccc(CSc2nc3ccncc3n2Cc2ccccc2)cc1. The van der Waals surface area contributed by atoms with Crippen LogP contribution in [0.5, 0.6) is 0 Å². The Morgan fingerprint density at radius 3 is 2.66 bits per heavy atom. The maximum atomic E-state index is 12.5. The monoisotopic (exact) mass is 482 g/mol. The number of carbonyl (C=O) groups excluding carboxylic acids is 1. The number of hydrogen-bond acceptors (Lipinski definition) is 4. The van der Waals surface area contributed by atoms with E-state index < -0.39 is 0 Å². The maximum absolute atomic E-state index is 12.5. The Hall–Kier alpha value is -3.38. The van der Waals surface area contributed by atoms with Gasteiger partial charge in [0.2, 0.25) is 0 Å². The number of benzene rings is 2. The van der Waals surface area contributed by atoms with E-state index in [0.29, 0.717) is 12.1 Å². The highest BCUT2D eigenvalue weighted by molar-refractivity contribution is 7.98. The van der Waals surface area contributed by atoms with E-state index in [1.165, 1.54) is 36.8 Å². The molecule has 35 heavy (non-hydrogen) atoms. The van der Waals surface area contributed by atoms with Gasteiger partial charge in [-0.25, -0.2) is 4.98 Å². The summed E-state index contributed by atoms with van der Waals surface area (Å²) in [5.74, 6) is 0.777. The van der Waals surface area contributed by atoms with Crippen molar-refractivity contribution in [3.63, 3.8) is 0 Å². The number of amides is 1. The quantitative estimate of drug-likeness (QED) is 0.222. The van der Waals surface area contributed by atoms with E-state index in [9.17, 15) is 4.79 Å². The number of hydrogen-bond donors (Lipinski definition) is 1. The van der Waals surface area contributed by atoms with E-state index in [2.05, 4.69) is 45.2 Å². The first-order valence-corrected chi connectivity index (χ1v) is 13.3. The first-order chi connectivity index (χ1) is 17.3. The van der Waals surface area contributed by atoms with Crippen LogP contribution in [0.15, 0.2) is 89.9 Å². The smallest absolute Gasteiger partial charge is 0.251 e. The standard InChI is InChI=1S/C29H30N4OS/c34-28(31-18-15-22-7-3-1-4-8-22)25-13-11-24(12-14-25)21-35-29-32-26-16-17-30-19-27(26)33(29)20-23-9-5-2-6-10-23/h2,5-7,9-14,16-17,19H,1,3-4,8,15,18,20-21H2,(H,31,34). The Morgan fingerprint density at radius 1 is 1.00 bits per heavy atom. The predicted octanol–water partition coefficient (Wildman–Crippen LogP) is 6.39. The average molecular weight is 483 g/mol. The van der Waals surface area contributed by atoms with E-state index >= 15 is 0 Å². The van der Waals surface area contributed by atoms with Crippen LogP contribution in [0.2, 0.25) is 0 Å². The maximum Gasteiger partial charge on any atom is 0.251 e. The van der Waals surface area contributed by atoms with Gasteiger partial charge in [-0.1, -0.05) is 65.9 Å². The highest BCUT2D eigenvalue weighted by atomic mass is 32.2. The zero-order valence-electron chi connectivity index (χ0n) is 19.8. The van der Waals surface area contributed by atoms with Crippen molar-refractivity contribution in [1.29, 1.82) is 0 Å². The molecular weight excluding hydrogens is 452 g/mol. The molecule has 0 radical (unpaired) electrons. The molecule has 1 aliphatic carbocycles. The minimum absolute atomic E-state index is 0.00207. The van der Waals surface area contributed by atoms with Gasteiger partial charge in [-0.2, -0.15) is 0 Å². The van der Waals surface area contributed by atoms with Crippen LogP contribution >= 0.6 is 11.8 Å². The molecule has 1 N–H and O–H groups in total. The minimum atomic E-state index is -0.00207. The third-order valence-corrected chi connectivity index (χ3v) is 7.45. The van der Waals surface area contributed by atoms with Crippen LogP contribution in [0, 0.1) is 0 Å². The zero-order valence-corrected chi connectivity index (χ0v) is 20.6. The molecule has 5 rings (SSSR count). The lowest BCUT2D eigenvalue weighted by Gasteiger charge is -2.13. The molecule has 1 amide bonds. The van der Waals surface area contributed by atoms with Gasteiger partial charge in [0.25, 0.3) is 5.91 Å². The van der Waals surface area contributed by atoms with Crippen molar-refractivity contribution in [2.75, 3.05) is 6.54 Å². The summed E-state index contributed by atoms with van der Waals surface area (Å²) in [5.41, 5.74) is 6.57. The molecule has 2 aromatic heterocycles. The second kappa shape index (κ2) is 11.4. The third-order valence-electron chi connectivity index (χ3n) is 6.40. The van der Waals surface area contributed by atoms with Crippen LogP contribution in [0.4, 0.5) is 0 Å². The van der Waals surface area contributed by atoms with E-state index in [1.54, 1.807) is 18.0 Å². The van der Waals surface area contributed by atoms with E-state index in [1.807, 2.05) is 42.6 Å². The van der Waals surface area contributed by atoms with Crippen LogP contribution in [0.1, 0.15) is 53.6 Å². The molecule has 4 aromatic rings. The van der Waals surface area contributed by atoms with E-state index in [4.69, 9.17) is 4.98 Å². The summed E-state index contributed by atoms with van der Waals surface area (Å²) in [6, 6.07) is 20.3. The average Bonchev–Trinajstić information content (AvgIpc) is 3.26. The number of nitrogens with zero attached hydrogens (tertiary/aromatic N) is 3. The van der Waals surface area contributed by atoms with Crippen LogP contribution in [0.3, 0.4) is 0 Å². The molecule has 0 bridgehead atoms. The van der Waals surface area contributed by atoms with Crippen molar-refractivity contribution in [2.24, 2.45) is 0 Å². The second-order valence-corrected chi connectivity index (χ2v) is 9.87. The number of thioether (sulfide) groups is 1. The number of allylic oxidation sites excluding steroid dienone is 1. The molecule has 0 spiro atoms. The van der Waals surface area contributed by atoms with Gasteiger partial charge in [0.15, 0.2) is 5.16 Å². The molecule has 0 atom stereocenters. The molecule has 0 saturated heterocycles. The molecular formula is C29H30N4OS. The van der Waals surface area contributed by atoms with Gasteiger partial charge in [0.05, 0.1) is 23.8 Å². The van der Waals surface area contributed by atoms with Gasteiger partial charge in [-0.05, 0) is 61.4 Å². The lowest BCUT2D eigenvalue weighted by molar-refractivity contribution is 0.0954. The largest absolute Gasteiger partial charge is 0.352 e. The Bertz CT molecular complexity index is 1310. The van der Waals surface area contributed by atoms with Gasteiger partial charge in [0.1, 0.15) is 0 Å². The van der Waals surface area contributed by atoms with Crippen LogP contribution < -0.4 is 5.32 Å². The van der Waals surface area contributed by atoms with Gasteiger partial charge in [-0.15, -0.1) is 0 Å². The number of imidazole rings is 1. The van der Waals surface area contributed by atoms with Crippen molar-refractivity contribution in [3.05, 3.63) is 101 Å². The topological polar surface area (TPSA) is 59.8 Å². The van der Waals surface area contributed by atoms with Crippen molar-refractivity contribution in [2.45, 2.75) is 49.6 Å². The van der Waals surface area contributed by atoms with Crippen molar-refractivity contribution in [3.8, 4) is 0 Å². The number of nitrogens with one attached hydrogen (secondary N) is 1. The summed E-state index contributed by atoms with van der Waals surface area (Å²) in [5, 5.41) is 4.03. The summed E-state index contributed by atoms with van der Waals surface area (Å²) in [4.78, 5) is 21.7. The van der Waals surface area contributed by atoms with Crippen LogP contribution in [0.25, 0.3) is 11.0 Å². The molecule has 0 unspecified atom stereocenters. The Kier molecular flexibility index (Phi) is 7.59.